The van der Waals surface area contributed by atoms with E-state index < -0.39 is 0 Å². The van der Waals surface area contributed by atoms with Gasteiger partial charge in [0.1, 0.15) is 17.2 Å². The van der Waals surface area contributed by atoms with Crippen LogP contribution >= 0.6 is 0 Å². The SMILES string of the molecule is C=CCCCCCCCOc1ccc(OC(=O)c2ccc(OCCCCCC)cc2)cc1. The molecule has 0 unspecified atom stereocenters. The summed E-state index contributed by atoms with van der Waals surface area (Å²) < 4.78 is 17.0. The molecule has 32 heavy (non-hydrogen) atoms. The van der Waals surface area contributed by atoms with Crippen LogP contribution in [0.25, 0.3) is 0 Å². The molecule has 0 aromatic heterocycles. The quantitative estimate of drug-likeness (QED) is 0.109. The first-order valence-corrected chi connectivity index (χ1v) is 12.0. The van der Waals surface area contributed by atoms with Crippen LogP contribution in [-0.2, 0) is 0 Å². The first-order chi connectivity index (χ1) is 15.7. The maximum atomic E-state index is 12.4. The minimum absolute atomic E-state index is 0.385. The Kier molecular flexibility index (Phi) is 12.7. The zero-order valence-corrected chi connectivity index (χ0v) is 19.5. The highest BCUT2D eigenvalue weighted by Gasteiger charge is 2.09. The van der Waals surface area contributed by atoms with E-state index in [-0.39, 0.29) is 5.97 Å². The lowest BCUT2D eigenvalue weighted by Crippen LogP contribution is -2.08. The minimum atomic E-state index is -0.385. The van der Waals surface area contributed by atoms with Crippen LogP contribution in [0.3, 0.4) is 0 Å². The summed E-state index contributed by atoms with van der Waals surface area (Å²) >= 11 is 0. The van der Waals surface area contributed by atoms with Crippen LogP contribution in [-0.4, -0.2) is 19.2 Å². The van der Waals surface area contributed by atoms with Gasteiger partial charge in [-0.1, -0.05) is 51.5 Å². The monoisotopic (exact) mass is 438 g/mol. The average Bonchev–Trinajstić information content (AvgIpc) is 2.82. The first kappa shape index (κ1) is 25.5. The lowest BCUT2D eigenvalue weighted by atomic mass is 10.1. The van der Waals surface area contributed by atoms with Crippen molar-refractivity contribution in [2.45, 2.75) is 71.1 Å². The van der Waals surface area contributed by atoms with Gasteiger partial charge in [0.25, 0.3) is 0 Å². The van der Waals surface area contributed by atoms with Gasteiger partial charge < -0.3 is 14.2 Å². The van der Waals surface area contributed by atoms with E-state index in [1.807, 2.05) is 30.3 Å². The van der Waals surface area contributed by atoms with Crippen LogP contribution in [0, 0.1) is 0 Å². The maximum absolute atomic E-state index is 12.4. The molecule has 0 spiro atoms. The Morgan fingerprint density at radius 2 is 1.22 bits per heavy atom. The number of esters is 1. The van der Waals surface area contributed by atoms with Gasteiger partial charge >= 0.3 is 5.97 Å². The average molecular weight is 439 g/mol. The molecule has 0 aliphatic heterocycles. The molecule has 0 heterocycles. The minimum Gasteiger partial charge on any atom is -0.494 e. The van der Waals surface area contributed by atoms with Gasteiger partial charge in [-0.2, -0.15) is 0 Å². The van der Waals surface area contributed by atoms with Gasteiger partial charge in [-0.05, 0) is 74.2 Å². The van der Waals surface area contributed by atoms with E-state index in [0.29, 0.717) is 24.5 Å². The van der Waals surface area contributed by atoms with Crippen molar-refractivity contribution in [3.05, 3.63) is 66.7 Å². The van der Waals surface area contributed by atoms with E-state index in [0.717, 1.165) is 30.8 Å². The highest BCUT2D eigenvalue weighted by atomic mass is 16.5. The highest BCUT2D eigenvalue weighted by Crippen LogP contribution is 2.20. The van der Waals surface area contributed by atoms with Crippen molar-refractivity contribution >= 4 is 5.97 Å². The third kappa shape index (κ3) is 10.5. The molecule has 2 rings (SSSR count). The summed E-state index contributed by atoms with van der Waals surface area (Å²) in [4.78, 5) is 12.4. The van der Waals surface area contributed by atoms with E-state index in [4.69, 9.17) is 14.2 Å². The topological polar surface area (TPSA) is 44.8 Å². The number of hydrogen-bond acceptors (Lipinski definition) is 4. The molecule has 0 saturated carbocycles. The van der Waals surface area contributed by atoms with Gasteiger partial charge in [0.05, 0.1) is 18.8 Å². The van der Waals surface area contributed by atoms with Crippen LogP contribution in [0.4, 0.5) is 0 Å². The second-order valence-electron chi connectivity index (χ2n) is 7.99. The van der Waals surface area contributed by atoms with Crippen molar-refractivity contribution in [1.82, 2.24) is 0 Å². The van der Waals surface area contributed by atoms with Crippen molar-refractivity contribution in [2.75, 3.05) is 13.2 Å². The number of allylic oxidation sites excluding steroid dienone is 1. The fourth-order valence-electron chi connectivity index (χ4n) is 3.29. The van der Waals surface area contributed by atoms with Crippen LogP contribution in [0.15, 0.2) is 61.2 Å². The van der Waals surface area contributed by atoms with E-state index in [9.17, 15) is 4.79 Å². The third-order valence-corrected chi connectivity index (χ3v) is 5.21. The van der Waals surface area contributed by atoms with E-state index >= 15 is 0 Å². The molecule has 0 aliphatic rings. The van der Waals surface area contributed by atoms with Crippen LogP contribution in [0.5, 0.6) is 17.2 Å². The lowest BCUT2D eigenvalue weighted by molar-refractivity contribution is 0.0734. The molecule has 174 valence electrons. The van der Waals surface area contributed by atoms with Crippen molar-refractivity contribution in [1.29, 1.82) is 0 Å². The molecule has 4 nitrogen and oxygen atoms in total. The number of hydrogen-bond donors (Lipinski definition) is 0. The molecule has 2 aromatic carbocycles. The number of rotatable bonds is 17. The van der Waals surface area contributed by atoms with E-state index in [2.05, 4.69) is 13.5 Å². The number of carbonyl (C=O) groups excluding carboxylic acids is 1. The summed E-state index contributed by atoms with van der Waals surface area (Å²) in [6.45, 7) is 7.34. The lowest BCUT2D eigenvalue weighted by Gasteiger charge is -2.09. The molecule has 0 atom stereocenters. The molecule has 0 saturated heterocycles. The molecule has 0 N–H and O–H groups in total. The molecule has 0 fully saturated rings. The van der Waals surface area contributed by atoms with Crippen molar-refractivity contribution < 1.29 is 19.0 Å². The summed E-state index contributed by atoms with van der Waals surface area (Å²) in [5.74, 6) is 1.68. The Morgan fingerprint density at radius 3 is 1.81 bits per heavy atom. The van der Waals surface area contributed by atoms with Gasteiger partial charge in [0.15, 0.2) is 0 Å². The third-order valence-electron chi connectivity index (χ3n) is 5.21. The fourth-order valence-corrected chi connectivity index (χ4v) is 3.29. The molecular weight excluding hydrogens is 400 g/mol. The fraction of sp³-hybridized carbons (Fsp3) is 0.464. The standard InChI is InChI=1S/C28H38O4/c1-3-5-7-9-10-11-13-23-31-26-18-20-27(21-19-26)32-28(29)24-14-16-25(17-15-24)30-22-12-8-6-4-2/h3,14-21H,1,4-13,22-23H2,2H3. The van der Waals surface area contributed by atoms with Crippen LogP contribution in [0.1, 0.15) is 81.5 Å². The summed E-state index contributed by atoms with van der Waals surface area (Å²) in [7, 11) is 0. The first-order valence-electron chi connectivity index (χ1n) is 12.0. The molecule has 0 amide bonds. The Hall–Kier alpha value is -2.75. The number of carbonyl (C=O) groups is 1. The second-order valence-corrected chi connectivity index (χ2v) is 7.99. The Balaban J connectivity index is 1.67. The molecule has 4 heteroatoms. The van der Waals surface area contributed by atoms with E-state index in [1.54, 1.807) is 24.3 Å². The van der Waals surface area contributed by atoms with E-state index in [1.165, 1.54) is 44.9 Å². The molecule has 0 aliphatic carbocycles. The van der Waals surface area contributed by atoms with Gasteiger partial charge in [-0.3, -0.25) is 0 Å². The highest BCUT2D eigenvalue weighted by molar-refractivity contribution is 5.91. The maximum Gasteiger partial charge on any atom is 0.343 e. The van der Waals surface area contributed by atoms with Crippen molar-refractivity contribution in [3.63, 3.8) is 0 Å². The van der Waals surface area contributed by atoms with Crippen LogP contribution < -0.4 is 14.2 Å². The molecule has 2 aromatic rings. The molecule has 0 radical (unpaired) electrons. The summed E-state index contributed by atoms with van der Waals surface area (Å²) in [6, 6.07) is 14.3. The van der Waals surface area contributed by atoms with Gasteiger partial charge in [-0.25, -0.2) is 4.79 Å². The second kappa shape index (κ2) is 16.0. The van der Waals surface area contributed by atoms with Gasteiger partial charge in [0.2, 0.25) is 0 Å². The largest absolute Gasteiger partial charge is 0.494 e. The predicted octanol–water partition coefficient (Wildman–Crippen LogP) is 7.77. The Bertz CT molecular complexity index is 765. The Morgan fingerprint density at radius 1 is 0.719 bits per heavy atom. The summed E-state index contributed by atoms with van der Waals surface area (Å²) in [5.41, 5.74) is 0.497. The number of benzene rings is 2. The van der Waals surface area contributed by atoms with Gasteiger partial charge in [-0.15, -0.1) is 6.58 Å². The van der Waals surface area contributed by atoms with Crippen molar-refractivity contribution in [3.8, 4) is 17.2 Å². The number of ether oxygens (including phenoxy) is 3. The summed E-state index contributed by atoms with van der Waals surface area (Å²) in [5, 5.41) is 0. The molecule has 0 bridgehead atoms. The zero-order valence-electron chi connectivity index (χ0n) is 19.5. The zero-order chi connectivity index (χ0) is 22.9. The summed E-state index contributed by atoms with van der Waals surface area (Å²) in [6.07, 6.45) is 13.7. The smallest absolute Gasteiger partial charge is 0.343 e. The number of unbranched alkanes of at least 4 members (excludes halogenated alkanes) is 8. The van der Waals surface area contributed by atoms with Crippen molar-refractivity contribution in [2.24, 2.45) is 0 Å². The van der Waals surface area contributed by atoms with Gasteiger partial charge in [0, 0.05) is 0 Å². The predicted molar refractivity (Wildman–Crippen MR) is 131 cm³/mol. The normalized spacial score (nSPS) is 10.5. The Labute approximate surface area is 193 Å². The molecular formula is C28H38O4. The van der Waals surface area contributed by atoms with Crippen LogP contribution in [0.2, 0.25) is 0 Å².